The first-order valence-corrected chi connectivity index (χ1v) is 20.9. The number of nitrogens with one attached hydrogen (secondary N) is 1. The summed E-state index contributed by atoms with van der Waals surface area (Å²) in [7, 11) is -4.59. The van der Waals surface area contributed by atoms with Gasteiger partial charge in [0, 0.05) is 18.8 Å². The molecule has 1 aliphatic heterocycles. The zero-order valence-electron chi connectivity index (χ0n) is 29.2. The van der Waals surface area contributed by atoms with Gasteiger partial charge in [-0.1, -0.05) is 117 Å². The van der Waals surface area contributed by atoms with Gasteiger partial charge in [0.2, 0.25) is 5.82 Å². The molecular weight excluding hydrogens is 665 g/mol. The number of ether oxygens (including phenoxy) is 2. The van der Waals surface area contributed by atoms with Crippen molar-refractivity contribution in [3.63, 3.8) is 0 Å². The molecule has 280 valence electrons. The number of H-pyrrole nitrogens is 1. The van der Waals surface area contributed by atoms with E-state index in [9.17, 15) is 27.8 Å². The highest BCUT2D eigenvalue weighted by atomic mass is 32.2. The highest BCUT2D eigenvalue weighted by Gasteiger charge is 2.39. The number of rotatable bonds is 30. The van der Waals surface area contributed by atoms with Crippen LogP contribution in [0.3, 0.4) is 0 Å². The first kappa shape index (κ1) is 43.1. The molecule has 1 aliphatic rings. The van der Waals surface area contributed by atoms with Crippen LogP contribution in [0.4, 0.5) is 8.78 Å². The molecule has 0 aliphatic carbocycles. The molecule has 10 nitrogen and oxygen atoms in total. The van der Waals surface area contributed by atoms with E-state index in [1.165, 1.54) is 89.9 Å². The fourth-order valence-electron chi connectivity index (χ4n) is 5.60. The summed E-state index contributed by atoms with van der Waals surface area (Å²) < 4.78 is 63.6. The van der Waals surface area contributed by atoms with Gasteiger partial charge in [0.05, 0.1) is 25.5 Å². The Labute approximate surface area is 290 Å². The predicted molar refractivity (Wildman–Crippen MR) is 188 cm³/mol. The quantitative estimate of drug-likeness (QED) is 0.0591. The van der Waals surface area contributed by atoms with Crippen LogP contribution in [-0.2, 0) is 23.1 Å². The van der Waals surface area contributed by atoms with Crippen LogP contribution < -0.4 is 11.2 Å². The highest BCUT2D eigenvalue weighted by molar-refractivity contribution is 7.99. The van der Waals surface area contributed by atoms with Crippen LogP contribution in [-0.4, -0.2) is 64.2 Å². The van der Waals surface area contributed by atoms with Crippen molar-refractivity contribution in [2.75, 3.05) is 31.3 Å². The number of alkyl halides is 1. The Kier molecular flexibility index (Phi) is 23.2. The fraction of sp³-hybridized carbons (Fsp3) is 0.882. The first-order chi connectivity index (χ1) is 23.2. The van der Waals surface area contributed by atoms with E-state index in [-0.39, 0.29) is 13.0 Å². The number of aromatic amines is 1. The van der Waals surface area contributed by atoms with E-state index in [0.29, 0.717) is 18.6 Å². The number of thioether (sulfide) groups is 1. The Morgan fingerprint density at radius 1 is 0.938 bits per heavy atom. The molecular formula is C34H61F2N2O8PS. The standard InChI is InChI=1S/C34H61F2N2O8PS/c1-3-5-7-9-11-13-14-16-18-20-22-48-27-28(43-21-19-17-15-12-10-8-6-4-2)25-44-47(41,42)45-26-31-29(35)23-32(46-31)38-24-30(36)33(39)37-34(38)40/h24,28-29,31-32H,3-23,25-27H2,1-2H3,(H,41,42)(H,37,39,40)/t28-,29?,31?,32?/m1/s1. The van der Waals surface area contributed by atoms with E-state index < -0.39 is 56.1 Å². The largest absolute Gasteiger partial charge is 0.472 e. The Morgan fingerprint density at radius 3 is 2.10 bits per heavy atom. The number of nitrogens with zero attached hydrogens (tertiary/aromatic N) is 1. The minimum Gasteiger partial charge on any atom is -0.375 e. The fourth-order valence-corrected chi connectivity index (χ4v) is 7.40. The molecule has 2 heterocycles. The van der Waals surface area contributed by atoms with Gasteiger partial charge < -0.3 is 14.4 Å². The lowest BCUT2D eigenvalue weighted by atomic mass is 10.1. The van der Waals surface area contributed by atoms with Gasteiger partial charge in [0.1, 0.15) is 18.5 Å². The molecule has 0 amide bonds. The van der Waals surface area contributed by atoms with Gasteiger partial charge >= 0.3 is 13.5 Å². The number of hydrogen-bond donors (Lipinski definition) is 2. The lowest BCUT2D eigenvalue weighted by Crippen LogP contribution is -2.34. The van der Waals surface area contributed by atoms with E-state index in [1.807, 2.05) is 0 Å². The summed E-state index contributed by atoms with van der Waals surface area (Å²) >= 11 is 1.74. The minimum atomic E-state index is -4.59. The summed E-state index contributed by atoms with van der Waals surface area (Å²) in [5.41, 5.74) is -2.15. The zero-order chi connectivity index (χ0) is 35.0. The monoisotopic (exact) mass is 726 g/mol. The second-order valence-corrected chi connectivity index (χ2v) is 15.4. The van der Waals surface area contributed by atoms with Gasteiger partial charge in [-0.3, -0.25) is 23.4 Å². The van der Waals surface area contributed by atoms with Crippen LogP contribution in [0, 0.1) is 5.82 Å². The van der Waals surface area contributed by atoms with E-state index in [2.05, 4.69) is 13.8 Å². The molecule has 14 heteroatoms. The molecule has 1 saturated heterocycles. The summed E-state index contributed by atoms with van der Waals surface area (Å²) in [4.78, 5) is 35.5. The normalized spacial score (nSPS) is 19.9. The molecule has 2 rings (SSSR count). The first-order valence-electron chi connectivity index (χ1n) is 18.3. The molecule has 2 N–H and O–H groups in total. The van der Waals surface area contributed by atoms with Crippen molar-refractivity contribution in [2.24, 2.45) is 0 Å². The third kappa shape index (κ3) is 18.8. The van der Waals surface area contributed by atoms with E-state index >= 15 is 0 Å². The Balaban J connectivity index is 1.74. The van der Waals surface area contributed by atoms with Crippen LogP contribution in [0.25, 0.3) is 0 Å². The molecule has 48 heavy (non-hydrogen) atoms. The van der Waals surface area contributed by atoms with Crippen LogP contribution in [0.5, 0.6) is 0 Å². The van der Waals surface area contributed by atoms with E-state index in [4.69, 9.17) is 18.5 Å². The van der Waals surface area contributed by atoms with Crippen molar-refractivity contribution in [3.05, 3.63) is 32.9 Å². The third-order valence-electron chi connectivity index (χ3n) is 8.52. The number of halogens is 2. The smallest absolute Gasteiger partial charge is 0.375 e. The Morgan fingerprint density at radius 2 is 1.50 bits per heavy atom. The van der Waals surface area contributed by atoms with Gasteiger partial charge in [0.15, 0.2) is 0 Å². The molecule has 0 bridgehead atoms. The number of hydrogen-bond acceptors (Lipinski definition) is 8. The number of phosphoric ester groups is 1. The molecule has 4 unspecified atom stereocenters. The van der Waals surface area contributed by atoms with Crippen molar-refractivity contribution in [1.29, 1.82) is 0 Å². The summed E-state index contributed by atoms with van der Waals surface area (Å²) in [5, 5.41) is 0. The van der Waals surface area contributed by atoms with E-state index in [1.54, 1.807) is 16.7 Å². The van der Waals surface area contributed by atoms with Crippen molar-refractivity contribution in [1.82, 2.24) is 9.55 Å². The third-order valence-corrected chi connectivity index (χ3v) is 10.7. The maximum atomic E-state index is 14.7. The SMILES string of the molecule is CCCCCCCCCCCCSC[C@@H](COP(=O)(O)OCC1OC(n2cc(F)c(=O)[nH]c2=O)CC1F)OCCCCCCCCCC. The zero-order valence-corrected chi connectivity index (χ0v) is 30.9. The van der Waals surface area contributed by atoms with Gasteiger partial charge in [-0.15, -0.1) is 0 Å². The van der Waals surface area contributed by atoms with Crippen molar-refractivity contribution >= 4 is 19.6 Å². The van der Waals surface area contributed by atoms with Gasteiger partial charge in [-0.25, -0.2) is 13.8 Å². The molecule has 0 radical (unpaired) electrons. The van der Waals surface area contributed by atoms with Crippen molar-refractivity contribution < 1.29 is 36.8 Å². The minimum absolute atomic E-state index is 0.158. The molecule has 5 atom stereocenters. The lowest BCUT2D eigenvalue weighted by Gasteiger charge is -2.21. The van der Waals surface area contributed by atoms with Crippen LogP contribution in [0.1, 0.15) is 142 Å². The molecule has 1 aromatic heterocycles. The van der Waals surface area contributed by atoms with Crippen molar-refractivity contribution in [3.8, 4) is 0 Å². The summed E-state index contributed by atoms with van der Waals surface area (Å²) in [6.45, 7) is 4.20. The maximum absolute atomic E-state index is 14.7. The highest BCUT2D eigenvalue weighted by Crippen LogP contribution is 2.45. The van der Waals surface area contributed by atoms with E-state index in [0.717, 1.165) is 36.0 Å². The average molecular weight is 727 g/mol. The molecule has 1 aromatic rings. The Hall–Kier alpha value is -1.08. The lowest BCUT2D eigenvalue weighted by molar-refractivity contribution is -0.0395. The predicted octanol–water partition coefficient (Wildman–Crippen LogP) is 8.61. The van der Waals surface area contributed by atoms with Crippen molar-refractivity contribution in [2.45, 2.75) is 160 Å². The average Bonchev–Trinajstić information content (AvgIpc) is 3.43. The van der Waals surface area contributed by atoms with Crippen LogP contribution >= 0.6 is 19.6 Å². The topological polar surface area (TPSA) is 129 Å². The summed E-state index contributed by atoms with van der Waals surface area (Å²) in [6.07, 6.45) is 17.9. The molecule has 0 aromatic carbocycles. The molecule has 0 spiro atoms. The van der Waals surface area contributed by atoms with Gasteiger partial charge in [-0.05, 0) is 18.6 Å². The second kappa shape index (κ2) is 25.8. The summed E-state index contributed by atoms with van der Waals surface area (Å²) in [6, 6.07) is 0. The van der Waals surface area contributed by atoms with Crippen LogP contribution in [0.15, 0.2) is 15.8 Å². The van der Waals surface area contributed by atoms with Gasteiger partial charge in [-0.2, -0.15) is 16.2 Å². The Bertz CT molecular complexity index is 1140. The number of phosphoric acid groups is 1. The van der Waals surface area contributed by atoms with Gasteiger partial charge in [0.25, 0.3) is 5.56 Å². The van der Waals surface area contributed by atoms with Crippen LogP contribution in [0.2, 0.25) is 0 Å². The number of unbranched alkanes of at least 4 members (excludes halogenated alkanes) is 16. The molecule has 0 saturated carbocycles. The molecule has 1 fully saturated rings. The summed E-state index contributed by atoms with van der Waals surface area (Å²) in [5.74, 6) is 0.364. The second-order valence-electron chi connectivity index (χ2n) is 12.8. The maximum Gasteiger partial charge on any atom is 0.472 e. The number of aromatic nitrogens is 2.